The summed E-state index contributed by atoms with van der Waals surface area (Å²) in [6.45, 7) is -0.907. The molecule has 0 bridgehead atoms. The molecule has 2 aliphatic heterocycles. The maximum absolute atomic E-state index is 13.2. The number of para-hydroxylation sites is 1. The molecule has 0 saturated carbocycles. The van der Waals surface area contributed by atoms with Crippen LogP contribution in [0.1, 0.15) is 11.8 Å². The lowest BCUT2D eigenvalue weighted by atomic mass is 9.96. The number of carboxylic acids is 1. The normalized spacial score (nSPS) is 28.2. The third-order valence-electron chi connectivity index (χ3n) is 5.42. The van der Waals surface area contributed by atoms with E-state index in [9.17, 15) is 22.8 Å². The number of amides is 1. The first kappa shape index (κ1) is 18.8. The van der Waals surface area contributed by atoms with Crippen molar-refractivity contribution >= 4 is 22.8 Å². The minimum Gasteiger partial charge on any atom is -0.481 e. The largest absolute Gasteiger partial charge is 0.481 e. The van der Waals surface area contributed by atoms with E-state index >= 15 is 0 Å². The number of furan rings is 1. The van der Waals surface area contributed by atoms with Crippen molar-refractivity contribution in [3.63, 3.8) is 0 Å². The molecular formula is C18H18F3N3O4. The fraction of sp³-hybridized carbons (Fsp3) is 0.444. The van der Waals surface area contributed by atoms with Crippen LogP contribution in [0.5, 0.6) is 0 Å². The highest BCUT2D eigenvalue weighted by Gasteiger charge is 2.54. The molecule has 1 aromatic carbocycles. The summed E-state index contributed by atoms with van der Waals surface area (Å²) in [6.07, 6.45) is -4.68. The number of carbonyl (C=O) groups is 2. The lowest BCUT2D eigenvalue weighted by Gasteiger charge is -2.23. The molecule has 0 spiro atoms. The zero-order chi connectivity index (χ0) is 20.1. The molecule has 2 unspecified atom stereocenters. The summed E-state index contributed by atoms with van der Waals surface area (Å²) in [4.78, 5) is 25.2. The highest BCUT2D eigenvalue weighted by Crippen LogP contribution is 2.39. The number of benzene rings is 1. The molecule has 4 atom stereocenters. The first-order valence-corrected chi connectivity index (χ1v) is 8.81. The van der Waals surface area contributed by atoms with Crippen LogP contribution in [-0.4, -0.2) is 47.7 Å². The van der Waals surface area contributed by atoms with Gasteiger partial charge in [0.15, 0.2) is 0 Å². The maximum atomic E-state index is 13.2. The smallest absolute Gasteiger partial charge is 0.394 e. The minimum atomic E-state index is -4.68. The Morgan fingerprint density at radius 2 is 1.93 bits per heavy atom. The molecule has 2 saturated heterocycles. The van der Waals surface area contributed by atoms with Crippen LogP contribution in [-0.2, 0) is 9.59 Å². The number of nitrogens with zero attached hydrogens (tertiary/aromatic N) is 1. The quantitative estimate of drug-likeness (QED) is 0.733. The minimum absolute atomic E-state index is 0.200. The Labute approximate surface area is 157 Å². The molecule has 150 valence electrons. The third kappa shape index (κ3) is 3.22. The topological polar surface area (TPSA) is 94.8 Å². The van der Waals surface area contributed by atoms with Gasteiger partial charge < -0.3 is 14.4 Å². The summed E-state index contributed by atoms with van der Waals surface area (Å²) in [6, 6.07) is 8.51. The van der Waals surface area contributed by atoms with Crippen molar-refractivity contribution in [1.82, 2.24) is 15.8 Å². The number of halogens is 3. The van der Waals surface area contributed by atoms with Crippen molar-refractivity contribution in [2.24, 2.45) is 17.8 Å². The second-order valence-corrected chi connectivity index (χ2v) is 7.13. The van der Waals surface area contributed by atoms with Gasteiger partial charge in [-0.15, -0.1) is 0 Å². The lowest BCUT2D eigenvalue weighted by molar-refractivity contribution is -0.188. The molecule has 2 aliphatic rings. The van der Waals surface area contributed by atoms with Gasteiger partial charge >= 0.3 is 12.1 Å². The van der Waals surface area contributed by atoms with Gasteiger partial charge in [-0.25, -0.2) is 5.43 Å². The third-order valence-corrected chi connectivity index (χ3v) is 5.42. The highest BCUT2D eigenvalue weighted by molar-refractivity contribution is 5.83. The average Bonchev–Trinajstić information content (AvgIpc) is 3.35. The van der Waals surface area contributed by atoms with Crippen LogP contribution in [0.25, 0.3) is 11.0 Å². The van der Waals surface area contributed by atoms with Crippen LogP contribution in [0.3, 0.4) is 0 Å². The van der Waals surface area contributed by atoms with E-state index in [-0.39, 0.29) is 6.54 Å². The second kappa shape index (κ2) is 6.78. The SMILES string of the molecule is O=C(O)[C@@H]1CN(C(=O)C2CNNC2c2cc3ccccc3o2)C[C@H]1C(F)(F)F. The summed E-state index contributed by atoms with van der Waals surface area (Å²) in [7, 11) is 0. The summed E-state index contributed by atoms with van der Waals surface area (Å²) < 4.78 is 45.4. The molecule has 3 heterocycles. The molecule has 4 rings (SSSR count). The molecule has 10 heteroatoms. The van der Waals surface area contributed by atoms with Gasteiger partial charge in [0.25, 0.3) is 0 Å². The van der Waals surface area contributed by atoms with Crippen LogP contribution in [0.15, 0.2) is 34.7 Å². The van der Waals surface area contributed by atoms with E-state index in [1.807, 2.05) is 18.2 Å². The first-order valence-electron chi connectivity index (χ1n) is 8.81. The number of hydrazine groups is 1. The summed E-state index contributed by atoms with van der Waals surface area (Å²) in [5, 5.41) is 9.99. The zero-order valence-electron chi connectivity index (χ0n) is 14.6. The predicted molar refractivity (Wildman–Crippen MR) is 90.8 cm³/mol. The number of likely N-dealkylation sites (tertiary alicyclic amines) is 1. The number of nitrogens with one attached hydrogen (secondary N) is 2. The number of carbonyl (C=O) groups excluding carboxylic acids is 1. The van der Waals surface area contributed by atoms with Gasteiger partial charge in [0, 0.05) is 25.0 Å². The van der Waals surface area contributed by atoms with Gasteiger partial charge in [-0.3, -0.25) is 15.0 Å². The Hall–Kier alpha value is -2.59. The van der Waals surface area contributed by atoms with Gasteiger partial charge in [0.1, 0.15) is 11.3 Å². The van der Waals surface area contributed by atoms with E-state index in [1.54, 1.807) is 12.1 Å². The maximum Gasteiger partial charge on any atom is 0.394 e. The average molecular weight is 397 g/mol. The number of hydrogen-bond donors (Lipinski definition) is 3. The molecule has 1 aromatic heterocycles. The van der Waals surface area contributed by atoms with E-state index in [1.165, 1.54) is 0 Å². The number of carboxylic acid groups (broad SMARTS) is 1. The van der Waals surface area contributed by atoms with E-state index in [0.717, 1.165) is 10.3 Å². The molecule has 0 aliphatic carbocycles. The van der Waals surface area contributed by atoms with Crippen LogP contribution >= 0.6 is 0 Å². The van der Waals surface area contributed by atoms with E-state index in [0.29, 0.717) is 11.3 Å². The standard InChI is InChI=1S/C18H18F3N3O4/c19-18(20,21)12-8-24(7-11(12)17(26)27)16(25)10-6-22-23-15(10)14-5-9-3-1-2-4-13(9)28-14/h1-5,10-12,15,22-23H,6-8H2,(H,26,27)/t10?,11-,12-,15?/m1/s1. The zero-order valence-corrected chi connectivity index (χ0v) is 14.6. The van der Waals surface area contributed by atoms with Gasteiger partial charge in [0.05, 0.1) is 23.8 Å². The van der Waals surface area contributed by atoms with Crippen molar-refractivity contribution in [2.45, 2.75) is 12.2 Å². The van der Waals surface area contributed by atoms with Crippen LogP contribution in [0.4, 0.5) is 13.2 Å². The fourth-order valence-electron chi connectivity index (χ4n) is 3.95. The fourth-order valence-corrected chi connectivity index (χ4v) is 3.95. The Bertz CT molecular complexity index is 880. The number of alkyl halides is 3. The molecule has 3 N–H and O–H groups in total. The Balaban J connectivity index is 1.56. The Morgan fingerprint density at radius 3 is 2.57 bits per heavy atom. The van der Waals surface area contributed by atoms with Crippen LogP contribution in [0, 0.1) is 17.8 Å². The number of aliphatic carboxylic acids is 1. The highest BCUT2D eigenvalue weighted by atomic mass is 19.4. The molecule has 1 amide bonds. The van der Waals surface area contributed by atoms with Crippen molar-refractivity contribution in [3.05, 3.63) is 36.1 Å². The van der Waals surface area contributed by atoms with Crippen LogP contribution in [0.2, 0.25) is 0 Å². The van der Waals surface area contributed by atoms with Gasteiger partial charge in [-0.1, -0.05) is 18.2 Å². The van der Waals surface area contributed by atoms with Crippen LogP contribution < -0.4 is 10.9 Å². The van der Waals surface area contributed by atoms with E-state index in [4.69, 9.17) is 9.52 Å². The molecule has 2 fully saturated rings. The summed E-state index contributed by atoms with van der Waals surface area (Å²) in [5.41, 5.74) is 6.42. The predicted octanol–water partition coefficient (Wildman–Crippen LogP) is 1.92. The first-order chi connectivity index (χ1) is 13.3. The van der Waals surface area contributed by atoms with Crippen molar-refractivity contribution in [2.75, 3.05) is 19.6 Å². The molecular weight excluding hydrogens is 379 g/mol. The number of fused-ring (bicyclic) bond motifs is 1. The second-order valence-electron chi connectivity index (χ2n) is 7.13. The molecule has 0 radical (unpaired) electrons. The van der Waals surface area contributed by atoms with Crippen molar-refractivity contribution in [3.8, 4) is 0 Å². The van der Waals surface area contributed by atoms with Gasteiger partial charge in [-0.2, -0.15) is 13.2 Å². The Morgan fingerprint density at radius 1 is 1.18 bits per heavy atom. The summed E-state index contributed by atoms with van der Waals surface area (Å²) >= 11 is 0. The van der Waals surface area contributed by atoms with Crippen molar-refractivity contribution < 1.29 is 32.3 Å². The molecule has 7 nitrogen and oxygen atoms in total. The lowest BCUT2D eigenvalue weighted by Crippen LogP contribution is -2.38. The monoisotopic (exact) mass is 397 g/mol. The van der Waals surface area contributed by atoms with E-state index < -0.39 is 54.9 Å². The van der Waals surface area contributed by atoms with Gasteiger partial charge in [-0.05, 0) is 12.1 Å². The van der Waals surface area contributed by atoms with E-state index in [2.05, 4.69) is 10.9 Å². The Kier molecular flexibility index (Phi) is 4.54. The number of rotatable bonds is 3. The summed E-state index contributed by atoms with van der Waals surface area (Å²) in [5.74, 6) is -6.01. The van der Waals surface area contributed by atoms with Crippen molar-refractivity contribution in [1.29, 1.82) is 0 Å². The molecule has 2 aromatic rings. The number of hydrogen-bond acceptors (Lipinski definition) is 5. The van der Waals surface area contributed by atoms with Gasteiger partial charge in [0.2, 0.25) is 5.91 Å². The molecule has 28 heavy (non-hydrogen) atoms.